The van der Waals surface area contributed by atoms with Crippen LogP contribution in [0.2, 0.25) is 0 Å². The van der Waals surface area contributed by atoms with E-state index < -0.39 is 0 Å². The summed E-state index contributed by atoms with van der Waals surface area (Å²) in [4.78, 5) is 10.6. The van der Waals surface area contributed by atoms with Gasteiger partial charge >= 0.3 is 0 Å². The minimum atomic E-state index is -0.370. The van der Waals surface area contributed by atoms with Gasteiger partial charge < -0.3 is 4.74 Å². The van der Waals surface area contributed by atoms with Crippen molar-refractivity contribution in [3.63, 3.8) is 0 Å². The van der Waals surface area contributed by atoms with Gasteiger partial charge in [0, 0.05) is 12.5 Å². The Morgan fingerprint density at radius 3 is 2.86 bits per heavy atom. The molecule has 4 heteroatoms. The lowest BCUT2D eigenvalue weighted by Gasteiger charge is -2.04. The lowest BCUT2D eigenvalue weighted by Crippen LogP contribution is -2.02. The molecule has 0 aliphatic heterocycles. The van der Waals surface area contributed by atoms with Crippen LogP contribution in [0, 0.1) is 5.82 Å². The van der Waals surface area contributed by atoms with E-state index in [0.717, 1.165) is 0 Å². The Bertz CT molecular complexity index is 339. The number of carbonyl (C=O) groups excluding carboxylic acids is 1. The molecule has 0 fully saturated rings. The molecular weight excluding hydrogens is 251 g/mol. The highest BCUT2D eigenvalue weighted by atomic mass is 79.9. The summed E-state index contributed by atoms with van der Waals surface area (Å²) in [5, 5.41) is 0. The number of rotatable bonds is 4. The highest BCUT2D eigenvalue weighted by Crippen LogP contribution is 2.20. The Morgan fingerprint density at radius 2 is 2.29 bits per heavy atom. The number of benzene rings is 1. The topological polar surface area (TPSA) is 26.3 Å². The summed E-state index contributed by atoms with van der Waals surface area (Å²) in [7, 11) is 0. The van der Waals surface area contributed by atoms with Crippen molar-refractivity contribution >= 4 is 21.7 Å². The molecular formula is C10H10BrFO2. The maximum absolute atomic E-state index is 13.0. The molecule has 0 aromatic heterocycles. The number of hydrogen-bond donors (Lipinski definition) is 0. The molecule has 0 aliphatic rings. The monoisotopic (exact) mass is 260 g/mol. The van der Waals surface area contributed by atoms with Crippen LogP contribution in [0.15, 0.2) is 22.7 Å². The van der Waals surface area contributed by atoms with Crippen molar-refractivity contribution in [2.75, 3.05) is 6.61 Å². The van der Waals surface area contributed by atoms with Crippen molar-refractivity contribution < 1.29 is 13.9 Å². The molecule has 0 spiro atoms. The van der Waals surface area contributed by atoms with E-state index >= 15 is 0 Å². The van der Waals surface area contributed by atoms with Gasteiger partial charge in [-0.2, -0.15) is 0 Å². The number of halogens is 2. The molecule has 0 amide bonds. The van der Waals surface area contributed by atoms with Gasteiger partial charge in [0.1, 0.15) is 17.3 Å². The first-order valence-corrected chi connectivity index (χ1v) is 4.96. The largest absolute Gasteiger partial charge is 0.493 e. The van der Waals surface area contributed by atoms with E-state index in [1.807, 2.05) is 0 Å². The summed E-state index contributed by atoms with van der Waals surface area (Å²) in [6.07, 6.45) is 0.345. The fraction of sp³-hybridized carbons (Fsp3) is 0.300. The maximum Gasteiger partial charge on any atom is 0.141 e. The van der Waals surface area contributed by atoms with Crippen LogP contribution in [0.5, 0.6) is 5.75 Å². The fourth-order valence-corrected chi connectivity index (χ4v) is 1.13. The van der Waals surface area contributed by atoms with Crippen molar-refractivity contribution in [3.8, 4) is 5.75 Å². The predicted octanol–water partition coefficient (Wildman–Crippen LogP) is 2.95. The van der Waals surface area contributed by atoms with E-state index in [1.165, 1.54) is 13.0 Å². The Balaban J connectivity index is 2.51. The summed E-state index contributed by atoms with van der Waals surface area (Å²) < 4.78 is 18.5. The summed E-state index contributed by atoms with van der Waals surface area (Å²) in [6.45, 7) is 1.78. The van der Waals surface area contributed by atoms with Gasteiger partial charge in [-0.1, -0.05) is 0 Å². The third-order valence-corrected chi connectivity index (χ3v) is 2.26. The molecule has 2 nitrogen and oxygen atoms in total. The van der Waals surface area contributed by atoms with Crippen molar-refractivity contribution in [1.29, 1.82) is 0 Å². The molecule has 0 aliphatic carbocycles. The van der Waals surface area contributed by atoms with Gasteiger partial charge in [-0.3, -0.25) is 4.79 Å². The second-order valence-electron chi connectivity index (χ2n) is 2.88. The van der Waals surface area contributed by atoms with Crippen LogP contribution in [0.25, 0.3) is 0 Å². The molecule has 14 heavy (non-hydrogen) atoms. The second-order valence-corrected chi connectivity index (χ2v) is 3.73. The van der Waals surface area contributed by atoms with E-state index in [0.29, 0.717) is 16.6 Å². The molecule has 0 bridgehead atoms. The van der Waals surface area contributed by atoms with Crippen LogP contribution in [-0.2, 0) is 4.79 Å². The van der Waals surface area contributed by atoms with E-state index in [1.54, 1.807) is 12.1 Å². The third kappa shape index (κ3) is 3.46. The molecule has 0 N–H and O–H groups in total. The number of Topliss-reactive ketones (excluding diaryl/α,β-unsaturated/α-hetero) is 1. The second kappa shape index (κ2) is 5.10. The molecule has 0 unspecified atom stereocenters. The van der Waals surface area contributed by atoms with Crippen molar-refractivity contribution in [3.05, 3.63) is 28.5 Å². The minimum absolute atomic E-state index is 0.0579. The lowest BCUT2D eigenvalue weighted by molar-refractivity contribution is -0.117. The Kier molecular flexibility index (Phi) is 4.07. The van der Waals surface area contributed by atoms with Crippen LogP contribution in [0.1, 0.15) is 13.3 Å². The first-order valence-electron chi connectivity index (χ1n) is 4.17. The zero-order chi connectivity index (χ0) is 10.6. The van der Waals surface area contributed by atoms with Crippen LogP contribution in [0.3, 0.4) is 0 Å². The smallest absolute Gasteiger partial charge is 0.141 e. The minimum Gasteiger partial charge on any atom is -0.493 e. The molecule has 0 saturated heterocycles. The number of ether oxygens (including phenoxy) is 1. The maximum atomic E-state index is 13.0. The summed E-state index contributed by atoms with van der Waals surface area (Å²) in [6, 6.07) is 4.50. The SMILES string of the molecule is CC(=O)CCOc1ccc(Br)c(F)c1. The molecule has 0 radical (unpaired) electrons. The normalized spacial score (nSPS) is 9.93. The van der Waals surface area contributed by atoms with E-state index in [4.69, 9.17) is 4.74 Å². The first-order chi connectivity index (χ1) is 6.59. The fourth-order valence-electron chi connectivity index (χ4n) is 0.879. The zero-order valence-electron chi connectivity index (χ0n) is 7.72. The predicted molar refractivity (Wildman–Crippen MR) is 54.9 cm³/mol. The van der Waals surface area contributed by atoms with Gasteiger partial charge in [0.2, 0.25) is 0 Å². The molecule has 76 valence electrons. The molecule has 1 rings (SSSR count). The third-order valence-electron chi connectivity index (χ3n) is 1.61. The number of hydrogen-bond acceptors (Lipinski definition) is 2. The standard InChI is InChI=1S/C10H10BrFO2/c1-7(13)4-5-14-8-2-3-9(11)10(12)6-8/h2-3,6H,4-5H2,1H3. The van der Waals surface area contributed by atoms with Crippen molar-refractivity contribution in [1.82, 2.24) is 0 Å². The van der Waals surface area contributed by atoms with Gasteiger partial charge in [-0.25, -0.2) is 4.39 Å². The zero-order valence-corrected chi connectivity index (χ0v) is 9.30. The average molecular weight is 261 g/mol. The Hall–Kier alpha value is -0.900. The summed E-state index contributed by atoms with van der Waals surface area (Å²) in [5.74, 6) is 0.125. The average Bonchev–Trinajstić information content (AvgIpc) is 2.10. The molecule has 0 heterocycles. The molecule has 0 atom stereocenters. The van der Waals surface area contributed by atoms with Crippen LogP contribution in [0.4, 0.5) is 4.39 Å². The van der Waals surface area contributed by atoms with Gasteiger partial charge in [-0.05, 0) is 35.0 Å². The van der Waals surface area contributed by atoms with E-state index in [-0.39, 0.29) is 18.2 Å². The van der Waals surface area contributed by atoms with E-state index in [9.17, 15) is 9.18 Å². The highest BCUT2D eigenvalue weighted by Gasteiger charge is 2.01. The van der Waals surface area contributed by atoms with Gasteiger partial charge in [-0.15, -0.1) is 0 Å². The van der Waals surface area contributed by atoms with Gasteiger partial charge in [0.25, 0.3) is 0 Å². The molecule has 0 saturated carbocycles. The number of ketones is 1. The summed E-state index contributed by atoms with van der Waals surface area (Å²) >= 11 is 3.04. The highest BCUT2D eigenvalue weighted by molar-refractivity contribution is 9.10. The van der Waals surface area contributed by atoms with Gasteiger partial charge in [0.05, 0.1) is 11.1 Å². The lowest BCUT2D eigenvalue weighted by atomic mass is 10.3. The van der Waals surface area contributed by atoms with E-state index in [2.05, 4.69) is 15.9 Å². The molecule has 1 aromatic carbocycles. The Labute approximate surface area is 90.2 Å². The van der Waals surface area contributed by atoms with Crippen LogP contribution < -0.4 is 4.74 Å². The van der Waals surface area contributed by atoms with Crippen LogP contribution in [-0.4, -0.2) is 12.4 Å². The van der Waals surface area contributed by atoms with Crippen molar-refractivity contribution in [2.45, 2.75) is 13.3 Å². The Morgan fingerprint density at radius 1 is 1.57 bits per heavy atom. The number of carbonyl (C=O) groups is 1. The summed E-state index contributed by atoms with van der Waals surface area (Å²) in [5.41, 5.74) is 0. The van der Waals surface area contributed by atoms with Gasteiger partial charge in [0.15, 0.2) is 0 Å². The quantitative estimate of drug-likeness (QED) is 0.832. The van der Waals surface area contributed by atoms with Crippen molar-refractivity contribution in [2.24, 2.45) is 0 Å². The first kappa shape index (κ1) is 11.2. The molecule has 1 aromatic rings. The van der Waals surface area contributed by atoms with Crippen LogP contribution >= 0.6 is 15.9 Å².